The minimum Gasteiger partial charge on any atom is -0.388 e. The number of halogens is 3. The second kappa shape index (κ2) is 7.00. The highest BCUT2D eigenvalue weighted by atomic mass is 19.2. The van der Waals surface area contributed by atoms with Crippen LogP contribution in [0.15, 0.2) is 12.1 Å². The van der Waals surface area contributed by atoms with Crippen molar-refractivity contribution in [2.24, 2.45) is 0 Å². The van der Waals surface area contributed by atoms with E-state index in [9.17, 15) is 23.1 Å². The Balaban J connectivity index is 1.92. The molecule has 1 saturated carbocycles. The van der Waals surface area contributed by atoms with Crippen LogP contribution in [0.3, 0.4) is 0 Å². The van der Waals surface area contributed by atoms with E-state index in [-0.39, 0.29) is 6.54 Å². The first kappa shape index (κ1) is 16.6. The second-order valence-electron chi connectivity index (χ2n) is 5.67. The van der Waals surface area contributed by atoms with Crippen LogP contribution in [0.1, 0.15) is 38.5 Å². The molecule has 0 heterocycles. The molecule has 7 heteroatoms. The van der Waals surface area contributed by atoms with Crippen molar-refractivity contribution < 1.29 is 23.1 Å². The van der Waals surface area contributed by atoms with Gasteiger partial charge in [-0.25, -0.2) is 18.0 Å². The minimum atomic E-state index is -1.64. The highest BCUT2D eigenvalue weighted by Gasteiger charge is 2.28. The summed E-state index contributed by atoms with van der Waals surface area (Å²) >= 11 is 0. The van der Waals surface area contributed by atoms with E-state index in [0.717, 1.165) is 37.8 Å². The quantitative estimate of drug-likeness (QED) is 0.592. The van der Waals surface area contributed by atoms with Crippen LogP contribution >= 0.6 is 0 Å². The molecule has 1 aliphatic carbocycles. The summed E-state index contributed by atoms with van der Waals surface area (Å²) < 4.78 is 39.3. The molecule has 0 saturated heterocycles. The molecule has 0 aliphatic heterocycles. The lowest BCUT2D eigenvalue weighted by Crippen LogP contribution is -2.44. The highest BCUT2D eigenvalue weighted by Crippen LogP contribution is 2.26. The normalized spacial score (nSPS) is 17.6. The van der Waals surface area contributed by atoms with Gasteiger partial charge in [0.25, 0.3) is 0 Å². The Morgan fingerprint density at radius 1 is 1.09 bits per heavy atom. The van der Waals surface area contributed by atoms with Gasteiger partial charge in [-0.2, -0.15) is 0 Å². The number of carbonyl (C=O) groups is 1. The highest BCUT2D eigenvalue weighted by molar-refractivity contribution is 5.89. The maximum Gasteiger partial charge on any atom is 0.319 e. The minimum absolute atomic E-state index is 0.0319. The number of amides is 2. The Hall–Kier alpha value is -1.76. The van der Waals surface area contributed by atoms with Crippen LogP contribution in [0, 0.1) is 17.5 Å². The molecule has 1 aliphatic rings. The van der Waals surface area contributed by atoms with Gasteiger partial charge in [0, 0.05) is 6.54 Å². The van der Waals surface area contributed by atoms with Gasteiger partial charge in [0.05, 0.1) is 11.3 Å². The van der Waals surface area contributed by atoms with Gasteiger partial charge in [0.2, 0.25) is 0 Å². The van der Waals surface area contributed by atoms with Gasteiger partial charge in [0.1, 0.15) is 0 Å². The van der Waals surface area contributed by atoms with E-state index in [1.54, 1.807) is 0 Å². The maximum absolute atomic E-state index is 13.4. The van der Waals surface area contributed by atoms with E-state index in [1.807, 2.05) is 0 Å². The fourth-order valence-corrected chi connectivity index (χ4v) is 2.60. The monoisotopic (exact) mass is 316 g/mol. The number of nitrogens with one attached hydrogen (secondary N) is 2. The molecule has 0 bridgehead atoms. The van der Waals surface area contributed by atoms with E-state index < -0.39 is 34.8 Å². The lowest BCUT2D eigenvalue weighted by Gasteiger charge is -2.26. The fraction of sp³-hybridized carbons (Fsp3) is 0.533. The number of hydrogen-bond acceptors (Lipinski definition) is 2. The van der Waals surface area contributed by atoms with Crippen LogP contribution in [-0.4, -0.2) is 23.3 Å². The predicted molar refractivity (Wildman–Crippen MR) is 76.0 cm³/mol. The molecule has 122 valence electrons. The van der Waals surface area contributed by atoms with Crippen LogP contribution < -0.4 is 10.6 Å². The molecule has 0 radical (unpaired) electrons. The standard InChI is InChI=1S/C15H19F3N2O2/c16-10-5-6-11(13(18)12(10)17)20-14(21)19-9-15(22)7-3-1-2-4-8-15/h5-6,22H,1-4,7-9H2,(H2,19,20,21). The molecule has 1 aromatic rings. The number of anilines is 1. The molecule has 4 nitrogen and oxygen atoms in total. The summed E-state index contributed by atoms with van der Waals surface area (Å²) in [6.45, 7) is 0.0319. The van der Waals surface area contributed by atoms with Crippen molar-refractivity contribution in [3.05, 3.63) is 29.6 Å². The van der Waals surface area contributed by atoms with Crippen molar-refractivity contribution in [1.29, 1.82) is 0 Å². The van der Waals surface area contributed by atoms with Crippen molar-refractivity contribution in [3.63, 3.8) is 0 Å². The Morgan fingerprint density at radius 3 is 2.36 bits per heavy atom. The average molecular weight is 316 g/mol. The van der Waals surface area contributed by atoms with Crippen molar-refractivity contribution in [3.8, 4) is 0 Å². The average Bonchev–Trinajstić information content (AvgIpc) is 2.71. The van der Waals surface area contributed by atoms with E-state index in [1.165, 1.54) is 0 Å². The summed E-state index contributed by atoms with van der Waals surface area (Å²) in [7, 11) is 0. The number of carbonyl (C=O) groups excluding carboxylic acids is 1. The first-order valence-electron chi connectivity index (χ1n) is 7.32. The molecule has 0 atom stereocenters. The van der Waals surface area contributed by atoms with E-state index in [0.29, 0.717) is 12.8 Å². The van der Waals surface area contributed by atoms with Crippen LogP contribution in [0.4, 0.5) is 23.7 Å². The number of hydrogen-bond donors (Lipinski definition) is 3. The van der Waals surface area contributed by atoms with Crippen molar-refractivity contribution in [1.82, 2.24) is 5.32 Å². The SMILES string of the molecule is O=C(NCC1(O)CCCCCC1)Nc1ccc(F)c(F)c1F. The lowest BCUT2D eigenvalue weighted by molar-refractivity contribution is 0.0281. The third-order valence-corrected chi connectivity index (χ3v) is 3.90. The maximum atomic E-state index is 13.4. The number of rotatable bonds is 3. The molecular weight excluding hydrogens is 297 g/mol. The van der Waals surface area contributed by atoms with Gasteiger partial charge in [-0.15, -0.1) is 0 Å². The number of urea groups is 1. The van der Waals surface area contributed by atoms with Crippen LogP contribution in [0.25, 0.3) is 0 Å². The molecule has 2 amide bonds. The first-order chi connectivity index (χ1) is 10.4. The lowest BCUT2D eigenvalue weighted by atomic mass is 9.95. The van der Waals surface area contributed by atoms with Crippen LogP contribution in [-0.2, 0) is 0 Å². The summed E-state index contributed by atoms with van der Waals surface area (Å²) in [5, 5.41) is 14.9. The van der Waals surface area contributed by atoms with Crippen molar-refractivity contribution in [2.75, 3.05) is 11.9 Å². The zero-order valence-electron chi connectivity index (χ0n) is 12.1. The van der Waals surface area contributed by atoms with Crippen LogP contribution in [0.5, 0.6) is 0 Å². The van der Waals surface area contributed by atoms with E-state index >= 15 is 0 Å². The summed E-state index contributed by atoms with van der Waals surface area (Å²) in [5.41, 5.74) is -1.43. The Kier molecular flexibility index (Phi) is 5.28. The molecule has 2 rings (SSSR count). The topological polar surface area (TPSA) is 61.4 Å². The molecule has 22 heavy (non-hydrogen) atoms. The van der Waals surface area contributed by atoms with Gasteiger partial charge in [-0.1, -0.05) is 25.7 Å². The molecule has 3 N–H and O–H groups in total. The Bertz CT molecular complexity index is 544. The molecule has 0 spiro atoms. The van der Waals surface area contributed by atoms with Crippen molar-refractivity contribution in [2.45, 2.75) is 44.1 Å². The first-order valence-corrected chi connectivity index (χ1v) is 7.32. The summed E-state index contributed by atoms with van der Waals surface area (Å²) in [5.74, 6) is -4.42. The van der Waals surface area contributed by atoms with E-state index in [4.69, 9.17) is 0 Å². The van der Waals surface area contributed by atoms with Gasteiger partial charge in [-0.05, 0) is 25.0 Å². The summed E-state index contributed by atoms with van der Waals surface area (Å²) in [6, 6.07) is 0.892. The third kappa shape index (κ3) is 4.13. The molecular formula is C15H19F3N2O2. The Labute approximate surface area is 126 Å². The predicted octanol–water partition coefficient (Wildman–Crippen LogP) is 3.31. The zero-order chi connectivity index (χ0) is 16.2. The largest absolute Gasteiger partial charge is 0.388 e. The second-order valence-corrected chi connectivity index (χ2v) is 5.67. The molecule has 0 aromatic heterocycles. The smallest absolute Gasteiger partial charge is 0.319 e. The van der Waals surface area contributed by atoms with Gasteiger partial charge < -0.3 is 15.7 Å². The third-order valence-electron chi connectivity index (χ3n) is 3.90. The Morgan fingerprint density at radius 2 is 1.73 bits per heavy atom. The molecule has 1 aromatic carbocycles. The molecule has 0 unspecified atom stereocenters. The molecule has 1 fully saturated rings. The number of benzene rings is 1. The van der Waals surface area contributed by atoms with Gasteiger partial charge in [-0.3, -0.25) is 0 Å². The summed E-state index contributed by atoms with van der Waals surface area (Å²) in [4.78, 5) is 11.7. The number of aliphatic hydroxyl groups is 1. The van der Waals surface area contributed by atoms with Crippen molar-refractivity contribution >= 4 is 11.7 Å². The van der Waals surface area contributed by atoms with Gasteiger partial charge >= 0.3 is 6.03 Å². The zero-order valence-corrected chi connectivity index (χ0v) is 12.1. The van der Waals surface area contributed by atoms with E-state index in [2.05, 4.69) is 10.6 Å². The summed E-state index contributed by atoms with van der Waals surface area (Å²) in [6.07, 6.45) is 5.05. The van der Waals surface area contributed by atoms with Crippen LogP contribution in [0.2, 0.25) is 0 Å². The van der Waals surface area contributed by atoms with Gasteiger partial charge in [0.15, 0.2) is 17.5 Å². The fourth-order valence-electron chi connectivity index (χ4n) is 2.60.